The van der Waals surface area contributed by atoms with Gasteiger partial charge in [-0.15, -0.1) is 0 Å². The Morgan fingerprint density at radius 3 is 2.43 bits per heavy atom. The van der Waals surface area contributed by atoms with Crippen LogP contribution in [0.15, 0.2) is 29.4 Å². The lowest BCUT2D eigenvalue weighted by atomic mass is 10.1. The number of carbonyl (C=O) groups excluding carboxylic acids is 1. The van der Waals surface area contributed by atoms with Crippen molar-refractivity contribution in [2.24, 2.45) is 5.16 Å². The largest absolute Gasteiger partial charge is 0.508 e. The minimum absolute atomic E-state index is 0.128. The van der Waals surface area contributed by atoms with Gasteiger partial charge in [0.25, 0.3) is 0 Å². The molecule has 4 heteroatoms. The van der Waals surface area contributed by atoms with E-state index >= 15 is 0 Å². The van der Waals surface area contributed by atoms with Crippen LogP contribution in [0.3, 0.4) is 0 Å². The van der Waals surface area contributed by atoms with Gasteiger partial charge in [0.15, 0.2) is 0 Å². The molecule has 0 heterocycles. The van der Waals surface area contributed by atoms with Crippen molar-refractivity contribution >= 4 is 11.5 Å². The molecule has 0 bridgehead atoms. The minimum atomic E-state index is -0.216. The Hall–Kier alpha value is -1.84. The van der Waals surface area contributed by atoms with Crippen molar-refractivity contribution in [2.75, 3.05) is 7.11 Å². The van der Waals surface area contributed by atoms with E-state index in [4.69, 9.17) is 5.11 Å². The molecule has 0 saturated heterocycles. The lowest BCUT2D eigenvalue weighted by molar-refractivity contribution is 0.105. The molecule has 0 spiro atoms. The Bertz CT molecular complexity index is 354. The maximum atomic E-state index is 11.6. The van der Waals surface area contributed by atoms with Gasteiger partial charge in [-0.05, 0) is 31.2 Å². The Labute approximate surface area is 81.8 Å². The second-order valence-electron chi connectivity index (χ2n) is 2.74. The fraction of sp³-hybridized carbons (Fsp3) is 0.200. The number of oxime groups is 1. The molecule has 0 aliphatic carbocycles. The molecule has 1 rings (SSSR count). The van der Waals surface area contributed by atoms with Gasteiger partial charge in [-0.3, -0.25) is 4.79 Å². The van der Waals surface area contributed by atoms with E-state index in [9.17, 15) is 4.79 Å². The molecule has 1 N–H and O–H groups in total. The summed E-state index contributed by atoms with van der Waals surface area (Å²) in [5.74, 6) is -0.0882. The van der Waals surface area contributed by atoms with E-state index in [0.29, 0.717) is 5.56 Å². The maximum Gasteiger partial charge on any atom is 0.210 e. The number of benzene rings is 1. The topological polar surface area (TPSA) is 58.9 Å². The van der Waals surface area contributed by atoms with E-state index in [2.05, 4.69) is 9.99 Å². The number of nitrogens with zero attached hydrogens (tertiary/aromatic N) is 1. The average molecular weight is 193 g/mol. The van der Waals surface area contributed by atoms with Crippen LogP contribution in [-0.4, -0.2) is 23.7 Å². The van der Waals surface area contributed by atoms with Crippen molar-refractivity contribution in [1.29, 1.82) is 0 Å². The lowest BCUT2D eigenvalue weighted by Crippen LogP contribution is -2.10. The number of rotatable bonds is 3. The molecule has 0 radical (unpaired) electrons. The third-order valence-corrected chi connectivity index (χ3v) is 1.69. The molecule has 0 aliphatic rings. The summed E-state index contributed by atoms with van der Waals surface area (Å²) >= 11 is 0. The molecule has 0 fully saturated rings. The fourth-order valence-electron chi connectivity index (χ4n) is 1.00. The van der Waals surface area contributed by atoms with Crippen molar-refractivity contribution in [2.45, 2.75) is 6.92 Å². The highest BCUT2D eigenvalue weighted by atomic mass is 16.6. The predicted molar refractivity (Wildman–Crippen MR) is 52.6 cm³/mol. The number of ketones is 1. The van der Waals surface area contributed by atoms with Gasteiger partial charge in [0.1, 0.15) is 18.6 Å². The summed E-state index contributed by atoms with van der Waals surface area (Å²) in [6.07, 6.45) is 0. The molecule has 0 aromatic heterocycles. The molecule has 14 heavy (non-hydrogen) atoms. The highest BCUT2D eigenvalue weighted by Gasteiger charge is 2.09. The highest BCUT2D eigenvalue weighted by molar-refractivity contribution is 6.45. The number of carbonyl (C=O) groups is 1. The molecule has 1 aromatic rings. The highest BCUT2D eigenvalue weighted by Crippen LogP contribution is 2.10. The number of hydrogen-bond donors (Lipinski definition) is 1. The summed E-state index contributed by atoms with van der Waals surface area (Å²) in [5.41, 5.74) is 0.749. The molecular weight excluding hydrogens is 182 g/mol. The summed E-state index contributed by atoms with van der Waals surface area (Å²) in [6.45, 7) is 1.57. The molecule has 0 unspecified atom stereocenters. The molecule has 0 atom stereocenters. The van der Waals surface area contributed by atoms with Crippen molar-refractivity contribution in [3.05, 3.63) is 29.8 Å². The standard InChI is InChI=1S/C10H11NO3/c1-7(11-14-2)10(13)8-3-5-9(12)6-4-8/h3-6,12H,1-2H3/b11-7+. The quantitative estimate of drug-likeness (QED) is 0.450. The summed E-state index contributed by atoms with van der Waals surface area (Å²) < 4.78 is 0. The average Bonchev–Trinajstić information content (AvgIpc) is 2.18. The molecule has 4 nitrogen and oxygen atoms in total. The van der Waals surface area contributed by atoms with Crippen LogP contribution >= 0.6 is 0 Å². The molecule has 1 aromatic carbocycles. The molecular formula is C10H11NO3. The Kier molecular flexibility index (Phi) is 3.23. The van der Waals surface area contributed by atoms with Crippen LogP contribution in [-0.2, 0) is 4.84 Å². The van der Waals surface area contributed by atoms with Gasteiger partial charge < -0.3 is 9.94 Å². The van der Waals surface area contributed by atoms with Gasteiger partial charge in [0.2, 0.25) is 5.78 Å². The molecule has 0 amide bonds. The molecule has 0 saturated carbocycles. The van der Waals surface area contributed by atoms with Crippen LogP contribution in [0.25, 0.3) is 0 Å². The smallest absolute Gasteiger partial charge is 0.210 e. The monoisotopic (exact) mass is 193 g/mol. The van der Waals surface area contributed by atoms with E-state index in [1.54, 1.807) is 6.92 Å². The van der Waals surface area contributed by atoms with Crippen LogP contribution in [0.5, 0.6) is 5.75 Å². The summed E-state index contributed by atoms with van der Waals surface area (Å²) in [7, 11) is 1.38. The number of phenolic OH excluding ortho intramolecular Hbond substituents is 1. The zero-order chi connectivity index (χ0) is 10.6. The predicted octanol–water partition coefficient (Wildman–Crippen LogP) is 1.60. The van der Waals surface area contributed by atoms with Crippen molar-refractivity contribution in [3.63, 3.8) is 0 Å². The van der Waals surface area contributed by atoms with E-state index < -0.39 is 0 Å². The van der Waals surface area contributed by atoms with Gasteiger partial charge in [-0.2, -0.15) is 0 Å². The first-order chi connectivity index (χ1) is 6.65. The van der Waals surface area contributed by atoms with Crippen LogP contribution in [0.4, 0.5) is 0 Å². The van der Waals surface area contributed by atoms with Crippen molar-refractivity contribution < 1.29 is 14.7 Å². The summed E-state index contributed by atoms with van der Waals surface area (Å²) in [5, 5.41) is 12.5. The van der Waals surface area contributed by atoms with Crippen LogP contribution in [0.1, 0.15) is 17.3 Å². The van der Waals surface area contributed by atoms with Crippen molar-refractivity contribution in [1.82, 2.24) is 0 Å². The number of aromatic hydroxyl groups is 1. The van der Waals surface area contributed by atoms with Crippen molar-refractivity contribution in [3.8, 4) is 5.75 Å². The first-order valence-electron chi connectivity index (χ1n) is 4.06. The SMILES string of the molecule is CO/N=C(\C)C(=O)c1ccc(O)cc1. The zero-order valence-corrected chi connectivity index (χ0v) is 8.02. The second kappa shape index (κ2) is 4.41. The summed E-state index contributed by atoms with van der Waals surface area (Å²) in [6, 6.07) is 5.97. The van der Waals surface area contributed by atoms with Gasteiger partial charge in [-0.25, -0.2) is 0 Å². The van der Waals surface area contributed by atoms with Crippen LogP contribution in [0, 0.1) is 0 Å². The van der Waals surface area contributed by atoms with E-state index in [0.717, 1.165) is 0 Å². The zero-order valence-electron chi connectivity index (χ0n) is 8.02. The third kappa shape index (κ3) is 2.32. The maximum absolute atomic E-state index is 11.6. The third-order valence-electron chi connectivity index (χ3n) is 1.69. The normalized spacial score (nSPS) is 11.1. The van der Waals surface area contributed by atoms with Crippen LogP contribution < -0.4 is 0 Å². The minimum Gasteiger partial charge on any atom is -0.508 e. The molecule has 74 valence electrons. The second-order valence-corrected chi connectivity index (χ2v) is 2.74. The van der Waals surface area contributed by atoms with Gasteiger partial charge in [-0.1, -0.05) is 5.16 Å². The van der Waals surface area contributed by atoms with Crippen LogP contribution in [0.2, 0.25) is 0 Å². The Morgan fingerprint density at radius 1 is 1.36 bits per heavy atom. The Balaban J connectivity index is 2.90. The van der Waals surface area contributed by atoms with E-state index in [1.807, 2.05) is 0 Å². The van der Waals surface area contributed by atoms with Gasteiger partial charge in [0.05, 0.1) is 0 Å². The number of hydrogen-bond acceptors (Lipinski definition) is 4. The van der Waals surface area contributed by atoms with Gasteiger partial charge in [0, 0.05) is 5.56 Å². The molecule has 0 aliphatic heterocycles. The Morgan fingerprint density at radius 2 is 1.93 bits per heavy atom. The number of phenols is 1. The fourth-order valence-corrected chi connectivity index (χ4v) is 1.00. The number of Topliss-reactive ketones (excluding diaryl/α,β-unsaturated/α-hetero) is 1. The first-order valence-corrected chi connectivity index (χ1v) is 4.06. The van der Waals surface area contributed by atoms with E-state index in [-0.39, 0.29) is 17.2 Å². The van der Waals surface area contributed by atoms with E-state index in [1.165, 1.54) is 31.4 Å². The van der Waals surface area contributed by atoms with Gasteiger partial charge >= 0.3 is 0 Å². The summed E-state index contributed by atoms with van der Waals surface area (Å²) in [4.78, 5) is 16.0. The first kappa shape index (κ1) is 10.2. The lowest BCUT2D eigenvalue weighted by Gasteiger charge is -1.99.